The van der Waals surface area contributed by atoms with Gasteiger partial charge in [0.1, 0.15) is 5.88 Å². The molecule has 0 unspecified atom stereocenters. The van der Waals surface area contributed by atoms with Gasteiger partial charge in [0, 0.05) is 5.02 Å². The molecule has 3 nitrogen and oxygen atoms in total. The molecule has 0 aliphatic heterocycles. The summed E-state index contributed by atoms with van der Waals surface area (Å²) in [5.41, 5.74) is 0.814. The molecule has 78 valence electrons. The first kappa shape index (κ1) is 10.7. The van der Waals surface area contributed by atoms with Gasteiger partial charge in [-0.15, -0.1) is 11.6 Å². The van der Waals surface area contributed by atoms with Gasteiger partial charge in [0.25, 0.3) is 0 Å². The Morgan fingerprint density at radius 3 is 3.07 bits per heavy atom. The number of nitrogens with zero attached hydrogens (tertiary/aromatic N) is 1. The predicted molar refractivity (Wildman–Crippen MR) is 64.0 cm³/mol. The molecule has 0 radical (unpaired) electrons. The maximum absolute atomic E-state index is 11.0. The Morgan fingerprint density at radius 1 is 1.53 bits per heavy atom. The van der Waals surface area contributed by atoms with Crippen LogP contribution in [-0.4, -0.2) is 16.8 Å². The molecule has 0 spiro atoms. The van der Waals surface area contributed by atoms with Gasteiger partial charge in [0.05, 0.1) is 10.2 Å². The molecule has 6 heteroatoms. The number of hydrogen-bond acceptors (Lipinski definition) is 3. The summed E-state index contributed by atoms with van der Waals surface area (Å²) in [6.45, 7) is 0. The van der Waals surface area contributed by atoms with Crippen molar-refractivity contribution in [2.75, 3.05) is 11.2 Å². The van der Waals surface area contributed by atoms with Gasteiger partial charge in [0.15, 0.2) is 5.13 Å². The van der Waals surface area contributed by atoms with E-state index in [1.165, 1.54) is 11.3 Å². The highest BCUT2D eigenvalue weighted by Gasteiger charge is 2.06. The van der Waals surface area contributed by atoms with E-state index in [1.54, 1.807) is 6.07 Å². The summed E-state index contributed by atoms with van der Waals surface area (Å²) < 4.78 is 0.937. The molecule has 0 bridgehead atoms. The molecule has 0 atom stereocenters. The maximum atomic E-state index is 11.0. The van der Waals surface area contributed by atoms with Gasteiger partial charge in [-0.25, -0.2) is 4.98 Å². The van der Waals surface area contributed by atoms with Crippen molar-refractivity contribution in [3.63, 3.8) is 0 Å². The number of fused-ring (bicyclic) bond motifs is 1. The third-order valence-electron chi connectivity index (χ3n) is 1.72. The van der Waals surface area contributed by atoms with Gasteiger partial charge in [-0.1, -0.05) is 22.9 Å². The molecule has 2 aromatic rings. The van der Waals surface area contributed by atoms with Crippen LogP contribution in [0.5, 0.6) is 0 Å². The predicted octanol–water partition coefficient (Wildman–Crippen LogP) is 3.13. The fraction of sp³-hybridized carbons (Fsp3) is 0.111. The summed E-state index contributed by atoms with van der Waals surface area (Å²) in [4.78, 5) is 15.2. The molecule has 0 saturated carbocycles. The van der Waals surface area contributed by atoms with Gasteiger partial charge in [0.2, 0.25) is 5.91 Å². The summed E-state index contributed by atoms with van der Waals surface area (Å²) >= 11 is 12.6. The molecule has 0 fully saturated rings. The number of rotatable bonds is 2. The fourth-order valence-electron chi connectivity index (χ4n) is 1.10. The standard InChI is InChI=1S/C9H6Cl2N2OS/c10-4-8(14)13-9-12-6-2-1-5(11)3-7(6)15-9/h1-3H,4H2,(H,12,13,14). The van der Waals surface area contributed by atoms with Crippen molar-refractivity contribution in [1.29, 1.82) is 0 Å². The molecular formula is C9H6Cl2N2OS. The summed E-state index contributed by atoms with van der Waals surface area (Å²) in [5, 5.41) is 3.79. The van der Waals surface area contributed by atoms with Gasteiger partial charge in [-0.2, -0.15) is 0 Å². The molecule has 2 rings (SSSR count). The Morgan fingerprint density at radius 2 is 2.33 bits per heavy atom. The second-order valence-electron chi connectivity index (χ2n) is 2.81. The van der Waals surface area contributed by atoms with Crippen LogP contribution < -0.4 is 5.32 Å². The molecule has 0 aliphatic carbocycles. The number of aromatic nitrogens is 1. The molecule has 1 aromatic heterocycles. The zero-order valence-corrected chi connectivity index (χ0v) is 9.79. The highest BCUT2D eigenvalue weighted by Crippen LogP contribution is 2.28. The van der Waals surface area contributed by atoms with Gasteiger partial charge >= 0.3 is 0 Å². The first-order valence-electron chi connectivity index (χ1n) is 4.11. The SMILES string of the molecule is O=C(CCl)Nc1nc2ccc(Cl)cc2s1. The number of benzene rings is 1. The summed E-state index contributed by atoms with van der Waals surface area (Å²) in [6.07, 6.45) is 0. The number of anilines is 1. The number of alkyl halides is 1. The maximum Gasteiger partial charge on any atom is 0.241 e. The van der Waals surface area contributed by atoms with E-state index in [9.17, 15) is 4.79 Å². The third kappa shape index (κ3) is 2.40. The second kappa shape index (κ2) is 4.35. The van der Waals surface area contributed by atoms with Crippen LogP contribution >= 0.6 is 34.5 Å². The minimum absolute atomic E-state index is 0.0727. The van der Waals surface area contributed by atoms with Crippen molar-refractivity contribution >= 4 is 55.8 Å². The summed E-state index contributed by atoms with van der Waals surface area (Å²) in [5.74, 6) is -0.335. The Kier molecular flexibility index (Phi) is 3.09. The fourth-order valence-corrected chi connectivity index (χ4v) is 2.33. The Labute approximate surface area is 100 Å². The van der Waals surface area contributed by atoms with Gasteiger partial charge in [-0.3, -0.25) is 4.79 Å². The minimum atomic E-state index is -0.262. The summed E-state index contributed by atoms with van der Waals surface area (Å²) in [7, 11) is 0. The number of halogens is 2. The lowest BCUT2D eigenvalue weighted by Crippen LogP contribution is -2.11. The molecule has 1 aromatic carbocycles. The van der Waals surface area contributed by atoms with E-state index < -0.39 is 0 Å². The van der Waals surface area contributed by atoms with Crippen LogP contribution in [0.2, 0.25) is 5.02 Å². The van der Waals surface area contributed by atoms with Gasteiger partial charge < -0.3 is 5.32 Å². The third-order valence-corrected chi connectivity index (χ3v) is 3.13. The van der Waals surface area contributed by atoms with Crippen molar-refractivity contribution in [2.24, 2.45) is 0 Å². The number of amides is 1. The Hall–Kier alpha value is -0.840. The lowest BCUT2D eigenvalue weighted by Gasteiger charge is -1.94. The van der Waals surface area contributed by atoms with E-state index in [2.05, 4.69) is 10.3 Å². The smallest absolute Gasteiger partial charge is 0.241 e. The minimum Gasteiger partial charge on any atom is -0.301 e. The van der Waals surface area contributed by atoms with Crippen LogP contribution in [0.4, 0.5) is 5.13 Å². The van der Waals surface area contributed by atoms with Gasteiger partial charge in [-0.05, 0) is 18.2 Å². The first-order chi connectivity index (χ1) is 7.19. The second-order valence-corrected chi connectivity index (χ2v) is 4.55. The molecule has 0 aliphatic rings. The van der Waals surface area contributed by atoms with Crippen LogP contribution in [0.25, 0.3) is 10.2 Å². The van der Waals surface area contributed by atoms with Crippen LogP contribution in [0, 0.1) is 0 Å². The topological polar surface area (TPSA) is 42.0 Å². The van der Waals surface area contributed by atoms with Crippen LogP contribution in [0.15, 0.2) is 18.2 Å². The van der Waals surface area contributed by atoms with Crippen molar-refractivity contribution in [3.05, 3.63) is 23.2 Å². The highest BCUT2D eigenvalue weighted by atomic mass is 35.5. The lowest BCUT2D eigenvalue weighted by molar-refractivity contribution is -0.113. The number of hydrogen-bond donors (Lipinski definition) is 1. The number of nitrogens with one attached hydrogen (secondary N) is 1. The molecular weight excluding hydrogens is 255 g/mol. The monoisotopic (exact) mass is 260 g/mol. The van der Waals surface area contributed by atoms with Crippen molar-refractivity contribution < 1.29 is 4.79 Å². The first-order valence-corrected chi connectivity index (χ1v) is 5.84. The normalized spacial score (nSPS) is 10.5. The lowest BCUT2D eigenvalue weighted by atomic mass is 10.3. The molecule has 1 heterocycles. The van der Waals surface area contributed by atoms with E-state index >= 15 is 0 Å². The van der Waals surface area contributed by atoms with Crippen LogP contribution in [0.1, 0.15) is 0 Å². The van der Waals surface area contributed by atoms with E-state index in [0.717, 1.165) is 10.2 Å². The zero-order chi connectivity index (χ0) is 10.8. The van der Waals surface area contributed by atoms with Crippen LogP contribution in [-0.2, 0) is 4.79 Å². The number of carbonyl (C=O) groups is 1. The van der Waals surface area contributed by atoms with E-state index in [0.29, 0.717) is 10.2 Å². The quantitative estimate of drug-likeness (QED) is 0.844. The molecule has 0 saturated heterocycles. The molecule has 1 N–H and O–H groups in total. The Bertz CT molecular complexity index is 512. The number of thiazole rings is 1. The largest absolute Gasteiger partial charge is 0.301 e. The van der Waals surface area contributed by atoms with Crippen molar-refractivity contribution in [3.8, 4) is 0 Å². The van der Waals surface area contributed by atoms with Crippen molar-refractivity contribution in [1.82, 2.24) is 4.98 Å². The Balaban J connectivity index is 2.34. The summed E-state index contributed by atoms with van der Waals surface area (Å²) in [6, 6.07) is 5.38. The van der Waals surface area contributed by atoms with Crippen LogP contribution in [0.3, 0.4) is 0 Å². The van der Waals surface area contributed by atoms with E-state index in [1.807, 2.05) is 12.1 Å². The zero-order valence-electron chi connectivity index (χ0n) is 7.46. The molecule has 15 heavy (non-hydrogen) atoms. The van der Waals surface area contributed by atoms with Crippen molar-refractivity contribution in [2.45, 2.75) is 0 Å². The molecule has 1 amide bonds. The van der Waals surface area contributed by atoms with E-state index in [4.69, 9.17) is 23.2 Å². The average molecular weight is 261 g/mol. The average Bonchev–Trinajstić information content (AvgIpc) is 2.59. The van der Waals surface area contributed by atoms with E-state index in [-0.39, 0.29) is 11.8 Å². The highest BCUT2D eigenvalue weighted by molar-refractivity contribution is 7.22. The number of carbonyl (C=O) groups excluding carboxylic acids is 1.